The molecule has 0 aliphatic rings. The average molecular weight is 980 g/mol. The van der Waals surface area contributed by atoms with Crippen LogP contribution < -0.4 is 10.2 Å². The molecule has 402 valence electrons. The smallest absolute Gasteiger partial charge is 0.268 e. The Bertz CT molecular complexity index is 1200. The molecule has 0 bridgehead atoms. The highest BCUT2D eigenvalue weighted by Gasteiger charge is 2.23. The van der Waals surface area contributed by atoms with Crippen LogP contribution >= 0.6 is 7.82 Å². The third-order valence-corrected chi connectivity index (χ3v) is 14.3. The lowest BCUT2D eigenvalue weighted by atomic mass is 10.0. The van der Waals surface area contributed by atoms with Gasteiger partial charge in [0.1, 0.15) is 13.2 Å². The van der Waals surface area contributed by atoms with Gasteiger partial charge in [0, 0.05) is 6.42 Å². The van der Waals surface area contributed by atoms with Gasteiger partial charge in [-0.3, -0.25) is 9.36 Å². The summed E-state index contributed by atoms with van der Waals surface area (Å²) in [5, 5.41) is 13.8. The SMILES string of the molecule is CCCCCCC/C=C\C/C=C\CCCCCCCCCCCCCCCCCCCCCCCC(=O)NC(COP(=O)([O-])OCC[N+](C)(C)C)C(O)/C=C/CCCCCCCCCCCCC. The third-order valence-electron chi connectivity index (χ3n) is 13.3. The largest absolute Gasteiger partial charge is 0.756 e. The van der Waals surface area contributed by atoms with Crippen molar-refractivity contribution in [2.45, 2.75) is 296 Å². The number of aliphatic hydroxyl groups excluding tert-OH is 1. The van der Waals surface area contributed by atoms with Gasteiger partial charge in [0.05, 0.1) is 39.9 Å². The van der Waals surface area contributed by atoms with Gasteiger partial charge in [0.15, 0.2) is 0 Å². The number of hydrogen-bond donors (Lipinski definition) is 2. The summed E-state index contributed by atoms with van der Waals surface area (Å²) in [7, 11) is 1.27. The van der Waals surface area contributed by atoms with Gasteiger partial charge in [-0.15, -0.1) is 0 Å². The predicted molar refractivity (Wildman–Crippen MR) is 293 cm³/mol. The first-order valence-electron chi connectivity index (χ1n) is 29.4. The molecular formula is C59H115N2O6P. The monoisotopic (exact) mass is 979 g/mol. The number of allylic oxidation sites excluding steroid dienone is 5. The highest BCUT2D eigenvalue weighted by Crippen LogP contribution is 2.38. The highest BCUT2D eigenvalue weighted by atomic mass is 31.2. The molecule has 68 heavy (non-hydrogen) atoms. The molecule has 3 unspecified atom stereocenters. The number of carbonyl (C=O) groups is 1. The predicted octanol–water partition coefficient (Wildman–Crippen LogP) is 17.1. The molecule has 2 N–H and O–H groups in total. The lowest BCUT2D eigenvalue weighted by Crippen LogP contribution is -2.45. The Labute approximate surface area is 423 Å². The van der Waals surface area contributed by atoms with Crippen LogP contribution in [0.1, 0.15) is 284 Å². The normalized spacial score (nSPS) is 14.2. The Balaban J connectivity index is 3.98. The number of aliphatic hydroxyl groups is 1. The zero-order chi connectivity index (χ0) is 49.9. The van der Waals surface area contributed by atoms with E-state index >= 15 is 0 Å². The van der Waals surface area contributed by atoms with E-state index in [1.165, 1.54) is 218 Å². The first-order valence-corrected chi connectivity index (χ1v) is 30.8. The van der Waals surface area contributed by atoms with Crippen LogP contribution in [0.25, 0.3) is 0 Å². The van der Waals surface area contributed by atoms with Crippen LogP contribution in [0.15, 0.2) is 36.5 Å². The zero-order valence-corrected chi connectivity index (χ0v) is 46.7. The number of nitrogens with zero attached hydrogens (tertiary/aromatic N) is 1. The van der Waals surface area contributed by atoms with Crippen molar-refractivity contribution >= 4 is 13.7 Å². The van der Waals surface area contributed by atoms with E-state index in [2.05, 4.69) is 43.5 Å². The number of phosphoric acid groups is 1. The van der Waals surface area contributed by atoms with E-state index in [1.54, 1.807) is 6.08 Å². The Morgan fingerprint density at radius 2 is 0.853 bits per heavy atom. The van der Waals surface area contributed by atoms with Crippen LogP contribution in [-0.4, -0.2) is 68.5 Å². The van der Waals surface area contributed by atoms with Crippen LogP contribution in [0.5, 0.6) is 0 Å². The number of unbranched alkanes of at least 4 members (excludes halogenated alkanes) is 37. The van der Waals surface area contributed by atoms with Crippen molar-refractivity contribution in [3.63, 3.8) is 0 Å². The van der Waals surface area contributed by atoms with Gasteiger partial charge in [-0.1, -0.05) is 262 Å². The molecule has 8 nitrogen and oxygen atoms in total. The standard InChI is InChI=1S/C59H115N2O6P/c1-6-8-10-12-14-16-18-20-21-22-23-24-25-26-27-28-29-30-31-32-33-34-35-36-37-38-39-41-43-45-47-49-51-53-59(63)60-57(56-67-68(64,65)66-55-54-61(3,4)5)58(62)52-50-48-46-44-42-40-19-17-15-13-11-9-7-2/h18,20,22-23,50,52,57-58,62H,6-17,19,21,24-49,51,53-56H2,1-5H3,(H-,60,63,64,65)/b20-18-,23-22-,52-50+. The summed E-state index contributed by atoms with van der Waals surface area (Å²) in [5.41, 5.74) is 0. The molecule has 0 fully saturated rings. The number of quaternary nitrogens is 1. The van der Waals surface area contributed by atoms with Crippen LogP contribution in [0.4, 0.5) is 0 Å². The van der Waals surface area contributed by atoms with Crippen molar-refractivity contribution < 1.29 is 32.9 Å². The van der Waals surface area contributed by atoms with E-state index in [9.17, 15) is 19.4 Å². The molecule has 0 aliphatic heterocycles. The molecule has 0 aromatic carbocycles. The summed E-state index contributed by atoms with van der Waals surface area (Å²) in [6.07, 6.45) is 65.2. The second-order valence-electron chi connectivity index (χ2n) is 21.4. The van der Waals surface area contributed by atoms with Crippen molar-refractivity contribution in [3.05, 3.63) is 36.5 Å². The maximum atomic E-state index is 12.9. The fourth-order valence-electron chi connectivity index (χ4n) is 8.72. The summed E-state index contributed by atoms with van der Waals surface area (Å²) in [6.45, 7) is 4.66. The summed E-state index contributed by atoms with van der Waals surface area (Å²) in [4.78, 5) is 25.4. The van der Waals surface area contributed by atoms with E-state index < -0.39 is 20.0 Å². The summed E-state index contributed by atoms with van der Waals surface area (Å²) < 4.78 is 23.3. The number of nitrogens with one attached hydrogen (secondary N) is 1. The summed E-state index contributed by atoms with van der Waals surface area (Å²) in [6, 6.07) is -0.883. The Morgan fingerprint density at radius 3 is 1.22 bits per heavy atom. The van der Waals surface area contributed by atoms with E-state index in [4.69, 9.17) is 9.05 Å². The fraction of sp³-hybridized carbons (Fsp3) is 0.881. The topological polar surface area (TPSA) is 108 Å². The van der Waals surface area contributed by atoms with Crippen molar-refractivity contribution in [2.75, 3.05) is 40.9 Å². The first kappa shape index (κ1) is 66.7. The van der Waals surface area contributed by atoms with Gasteiger partial charge in [-0.25, -0.2) is 0 Å². The number of hydrogen-bond acceptors (Lipinski definition) is 6. The maximum Gasteiger partial charge on any atom is 0.268 e. The molecule has 0 saturated heterocycles. The molecule has 0 spiro atoms. The van der Waals surface area contributed by atoms with E-state index in [0.717, 1.165) is 44.9 Å². The number of likely N-dealkylation sites (N-methyl/N-ethyl adjacent to an activating group) is 1. The number of rotatable bonds is 54. The number of phosphoric ester groups is 1. The van der Waals surface area contributed by atoms with E-state index in [-0.39, 0.29) is 19.1 Å². The van der Waals surface area contributed by atoms with E-state index in [1.807, 2.05) is 27.2 Å². The quantitative estimate of drug-likeness (QED) is 0.0272. The number of carbonyl (C=O) groups excluding carboxylic acids is 1. The van der Waals surface area contributed by atoms with Gasteiger partial charge < -0.3 is 28.8 Å². The van der Waals surface area contributed by atoms with Crippen molar-refractivity contribution in [3.8, 4) is 0 Å². The van der Waals surface area contributed by atoms with Gasteiger partial charge in [-0.05, 0) is 51.4 Å². The Morgan fingerprint density at radius 1 is 0.515 bits per heavy atom. The van der Waals surface area contributed by atoms with Crippen molar-refractivity contribution in [2.24, 2.45) is 0 Å². The molecule has 0 rings (SSSR count). The van der Waals surface area contributed by atoms with Crippen LogP contribution in [0.3, 0.4) is 0 Å². The van der Waals surface area contributed by atoms with Crippen molar-refractivity contribution in [1.29, 1.82) is 0 Å². The van der Waals surface area contributed by atoms with Crippen LogP contribution in [-0.2, 0) is 18.4 Å². The van der Waals surface area contributed by atoms with Crippen molar-refractivity contribution in [1.82, 2.24) is 5.32 Å². The number of amides is 1. The van der Waals surface area contributed by atoms with Gasteiger partial charge in [-0.2, -0.15) is 0 Å². The molecule has 0 aromatic heterocycles. The molecule has 0 heterocycles. The van der Waals surface area contributed by atoms with Gasteiger partial charge >= 0.3 is 0 Å². The van der Waals surface area contributed by atoms with Gasteiger partial charge in [0.2, 0.25) is 5.91 Å². The third kappa shape index (κ3) is 52.5. The minimum Gasteiger partial charge on any atom is -0.756 e. The molecule has 3 atom stereocenters. The first-order chi connectivity index (χ1) is 33.0. The molecular weight excluding hydrogens is 864 g/mol. The zero-order valence-electron chi connectivity index (χ0n) is 45.8. The summed E-state index contributed by atoms with van der Waals surface area (Å²) in [5.74, 6) is -0.194. The minimum atomic E-state index is -4.59. The second-order valence-corrected chi connectivity index (χ2v) is 22.8. The molecule has 9 heteroatoms. The minimum absolute atomic E-state index is 0.000685. The average Bonchev–Trinajstić information content (AvgIpc) is 3.30. The maximum absolute atomic E-state index is 12.9. The van der Waals surface area contributed by atoms with E-state index in [0.29, 0.717) is 17.4 Å². The second kappa shape index (κ2) is 50.7. The lowest BCUT2D eigenvalue weighted by molar-refractivity contribution is -0.870. The Kier molecular flexibility index (Phi) is 49.7. The van der Waals surface area contributed by atoms with Crippen LogP contribution in [0, 0.1) is 0 Å². The van der Waals surface area contributed by atoms with Crippen LogP contribution in [0.2, 0.25) is 0 Å². The van der Waals surface area contributed by atoms with Gasteiger partial charge in [0.25, 0.3) is 7.82 Å². The Hall–Kier alpha value is -1.28. The highest BCUT2D eigenvalue weighted by molar-refractivity contribution is 7.45. The molecule has 0 aromatic rings. The lowest BCUT2D eigenvalue weighted by Gasteiger charge is -2.29. The molecule has 0 saturated carbocycles. The fourth-order valence-corrected chi connectivity index (χ4v) is 9.44. The molecule has 0 radical (unpaired) electrons. The summed E-state index contributed by atoms with van der Waals surface area (Å²) >= 11 is 0. The molecule has 1 amide bonds. The molecule has 0 aliphatic carbocycles.